The number of amides is 1. The van der Waals surface area contributed by atoms with Crippen molar-refractivity contribution in [3.63, 3.8) is 0 Å². The smallest absolute Gasteiger partial charge is 0.417 e. The largest absolute Gasteiger partial charge is 0.495 e. The lowest BCUT2D eigenvalue weighted by Gasteiger charge is -2.37. The zero-order chi connectivity index (χ0) is 23.0. The number of piperazine rings is 1. The molecule has 7 nitrogen and oxygen atoms in total. The number of hydrogen-bond acceptors (Lipinski definition) is 5. The van der Waals surface area contributed by atoms with E-state index in [9.17, 15) is 30.8 Å². The normalized spacial score (nSPS) is 15.2. The minimum atomic E-state index is -4.88. The molecule has 0 unspecified atom stereocenters. The molecule has 168 valence electrons. The van der Waals surface area contributed by atoms with E-state index < -0.39 is 39.1 Å². The number of carbonyl (C=O) groups is 1. The Bertz CT molecular complexity index is 1100. The number of anilines is 1. The topological polar surface area (TPSA) is 92.9 Å². The van der Waals surface area contributed by atoms with E-state index in [2.05, 4.69) is 0 Å². The molecule has 3 rings (SSSR count). The van der Waals surface area contributed by atoms with Crippen LogP contribution in [-0.2, 0) is 16.2 Å². The van der Waals surface area contributed by atoms with Gasteiger partial charge in [-0.2, -0.15) is 13.2 Å². The molecule has 0 bridgehead atoms. The van der Waals surface area contributed by atoms with E-state index in [1.54, 1.807) is 4.90 Å². The van der Waals surface area contributed by atoms with Gasteiger partial charge >= 0.3 is 6.18 Å². The SMILES string of the molecule is COc1ccc(S(N)(=O)=O)cc1N1CCN(C(=O)c2ccc(F)cc2C(F)(F)F)CC1. The van der Waals surface area contributed by atoms with Crippen molar-refractivity contribution < 1.29 is 35.5 Å². The highest BCUT2D eigenvalue weighted by Gasteiger charge is 2.37. The zero-order valence-corrected chi connectivity index (χ0v) is 17.1. The number of primary sulfonamides is 1. The zero-order valence-electron chi connectivity index (χ0n) is 16.3. The van der Waals surface area contributed by atoms with Crippen LogP contribution in [0.4, 0.5) is 23.2 Å². The van der Waals surface area contributed by atoms with E-state index in [0.717, 1.165) is 12.1 Å². The van der Waals surface area contributed by atoms with Crippen molar-refractivity contribution in [3.8, 4) is 5.75 Å². The maximum atomic E-state index is 13.3. The van der Waals surface area contributed by atoms with Crippen LogP contribution in [-0.4, -0.2) is 52.5 Å². The molecule has 31 heavy (non-hydrogen) atoms. The third-order valence-electron chi connectivity index (χ3n) is 4.90. The second kappa shape index (κ2) is 8.35. The molecule has 1 aliphatic heterocycles. The number of methoxy groups -OCH3 is 1. The summed E-state index contributed by atoms with van der Waals surface area (Å²) in [5.74, 6) is -1.57. The van der Waals surface area contributed by atoms with E-state index in [1.807, 2.05) is 0 Å². The molecule has 1 fully saturated rings. The van der Waals surface area contributed by atoms with Crippen LogP contribution in [0.3, 0.4) is 0 Å². The van der Waals surface area contributed by atoms with E-state index in [0.29, 0.717) is 17.5 Å². The number of nitrogens with two attached hydrogens (primary N) is 1. The first-order valence-electron chi connectivity index (χ1n) is 9.03. The van der Waals surface area contributed by atoms with Gasteiger partial charge in [0.05, 0.1) is 28.8 Å². The minimum Gasteiger partial charge on any atom is -0.495 e. The first-order valence-corrected chi connectivity index (χ1v) is 10.6. The van der Waals surface area contributed by atoms with Crippen LogP contribution in [0.5, 0.6) is 5.75 Å². The van der Waals surface area contributed by atoms with Gasteiger partial charge in [0.1, 0.15) is 11.6 Å². The first-order chi connectivity index (χ1) is 14.4. The molecule has 1 heterocycles. The van der Waals surface area contributed by atoms with Gasteiger partial charge in [-0.3, -0.25) is 4.79 Å². The van der Waals surface area contributed by atoms with Gasteiger partial charge in [0.15, 0.2) is 0 Å². The van der Waals surface area contributed by atoms with Crippen LogP contribution < -0.4 is 14.8 Å². The standard InChI is InChI=1S/C19H19F4N3O4S/c1-30-17-5-3-13(31(24,28)29)11-16(17)25-6-8-26(9-7-25)18(27)14-4-2-12(20)10-15(14)19(21,22)23/h2-5,10-11H,6-9H2,1H3,(H2,24,28,29). The predicted octanol–water partition coefficient (Wildman–Crippen LogP) is 2.46. The number of sulfonamides is 1. The molecule has 1 amide bonds. The summed E-state index contributed by atoms with van der Waals surface area (Å²) in [6, 6.07) is 6.01. The number of rotatable bonds is 4. The van der Waals surface area contributed by atoms with Crippen LogP contribution in [0.15, 0.2) is 41.3 Å². The number of hydrogen-bond donors (Lipinski definition) is 1. The third-order valence-corrected chi connectivity index (χ3v) is 5.81. The van der Waals surface area contributed by atoms with Crippen LogP contribution in [0.2, 0.25) is 0 Å². The molecular formula is C19H19F4N3O4S. The maximum Gasteiger partial charge on any atom is 0.417 e. The van der Waals surface area contributed by atoms with Crippen LogP contribution in [0.1, 0.15) is 15.9 Å². The van der Waals surface area contributed by atoms with Crippen LogP contribution in [0, 0.1) is 5.82 Å². The third kappa shape index (κ3) is 4.90. The molecule has 0 radical (unpaired) electrons. The Morgan fingerprint density at radius 2 is 1.71 bits per heavy atom. The number of carbonyl (C=O) groups excluding carboxylic acids is 1. The van der Waals surface area contributed by atoms with Crippen molar-refractivity contribution in [2.45, 2.75) is 11.1 Å². The second-order valence-electron chi connectivity index (χ2n) is 6.85. The fourth-order valence-electron chi connectivity index (χ4n) is 3.35. The summed E-state index contributed by atoms with van der Waals surface area (Å²) in [4.78, 5) is 15.5. The molecule has 0 saturated carbocycles. The summed E-state index contributed by atoms with van der Waals surface area (Å²) < 4.78 is 81.6. The van der Waals surface area contributed by atoms with E-state index in [4.69, 9.17) is 9.88 Å². The fraction of sp³-hybridized carbons (Fsp3) is 0.316. The minimum absolute atomic E-state index is 0.0657. The Kier molecular flexibility index (Phi) is 6.14. The van der Waals surface area contributed by atoms with Gasteiger partial charge in [0, 0.05) is 26.2 Å². The quantitative estimate of drug-likeness (QED) is 0.707. The highest BCUT2D eigenvalue weighted by Crippen LogP contribution is 2.34. The van der Waals surface area contributed by atoms with Crippen molar-refractivity contribution in [1.82, 2.24) is 4.90 Å². The summed E-state index contributed by atoms with van der Waals surface area (Å²) in [6.45, 7) is 0.546. The van der Waals surface area contributed by atoms with Crippen molar-refractivity contribution >= 4 is 21.6 Å². The van der Waals surface area contributed by atoms with E-state index in [-0.39, 0.29) is 31.1 Å². The maximum absolute atomic E-state index is 13.3. The molecule has 1 aliphatic rings. The van der Waals surface area contributed by atoms with Gasteiger partial charge in [-0.15, -0.1) is 0 Å². The van der Waals surface area contributed by atoms with Crippen molar-refractivity contribution in [1.29, 1.82) is 0 Å². The Balaban J connectivity index is 1.82. The molecule has 0 atom stereocenters. The van der Waals surface area contributed by atoms with E-state index in [1.165, 1.54) is 30.2 Å². The highest BCUT2D eigenvalue weighted by molar-refractivity contribution is 7.89. The molecule has 2 aromatic rings. The molecule has 1 saturated heterocycles. The molecule has 0 aliphatic carbocycles. The molecule has 0 spiro atoms. The molecular weight excluding hydrogens is 442 g/mol. The average molecular weight is 461 g/mol. The summed E-state index contributed by atoms with van der Waals surface area (Å²) in [6.07, 6.45) is -4.88. The van der Waals surface area contributed by atoms with Crippen molar-refractivity contribution in [3.05, 3.63) is 53.3 Å². The summed E-state index contributed by atoms with van der Waals surface area (Å²) >= 11 is 0. The monoisotopic (exact) mass is 461 g/mol. The number of halogens is 4. The molecule has 2 aromatic carbocycles. The van der Waals surface area contributed by atoms with Gasteiger partial charge < -0.3 is 14.5 Å². The van der Waals surface area contributed by atoms with Gasteiger partial charge in [-0.1, -0.05) is 0 Å². The van der Waals surface area contributed by atoms with Gasteiger partial charge in [0.25, 0.3) is 5.91 Å². The molecule has 12 heteroatoms. The Labute approximate surface area is 176 Å². The number of ether oxygens (including phenoxy) is 1. The van der Waals surface area contributed by atoms with Crippen LogP contribution >= 0.6 is 0 Å². The van der Waals surface area contributed by atoms with E-state index >= 15 is 0 Å². The lowest BCUT2D eigenvalue weighted by molar-refractivity contribution is -0.138. The summed E-state index contributed by atoms with van der Waals surface area (Å²) in [5.41, 5.74) is -1.53. The Morgan fingerprint density at radius 1 is 1.06 bits per heavy atom. The van der Waals surface area contributed by atoms with Gasteiger partial charge in [0.2, 0.25) is 10.0 Å². The predicted molar refractivity (Wildman–Crippen MR) is 104 cm³/mol. The Hall–Kier alpha value is -2.86. The fourth-order valence-corrected chi connectivity index (χ4v) is 3.89. The average Bonchev–Trinajstić information content (AvgIpc) is 2.71. The number of alkyl halides is 3. The molecule has 2 N–H and O–H groups in total. The summed E-state index contributed by atoms with van der Waals surface area (Å²) in [7, 11) is -2.55. The molecule has 0 aromatic heterocycles. The first kappa shape index (κ1) is 22.8. The lowest BCUT2D eigenvalue weighted by atomic mass is 10.0. The van der Waals surface area contributed by atoms with Gasteiger partial charge in [-0.05, 0) is 36.4 Å². The van der Waals surface area contributed by atoms with Gasteiger partial charge in [-0.25, -0.2) is 17.9 Å². The van der Waals surface area contributed by atoms with Crippen molar-refractivity contribution in [2.24, 2.45) is 5.14 Å². The van der Waals surface area contributed by atoms with Crippen LogP contribution in [0.25, 0.3) is 0 Å². The number of nitrogens with zero attached hydrogens (tertiary/aromatic N) is 2. The van der Waals surface area contributed by atoms with Crippen molar-refractivity contribution in [2.75, 3.05) is 38.2 Å². The second-order valence-corrected chi connectivity index (χ2v) is 8.41. The lowest BCUT2D eigenvalue weighted by Crippen LogP contribution is -2.49. The number of benzene rings is 2. The highest BCUT2D eigenvalue weighted by atomic mass is 32.2. The Morgan fingerprint density at radius 3 is 2.26 bits per heavy atom. The summed E-state index contributed by atoms with van der Waals surface area (Å²) in [5, 5.41) is 5.17.